The maximum atomic E-state index is 11.9. The maximum Gasteiger partial charge on any atom is 0.266 e. The van der Waals surface area contributed by atoms with Gasteiger partial charge in [-0.1, -0.05) is 16.8 Å². The summed E-state index contributed by atoms with van der Waals surface area (Å²) in [4.78, 5) is 13.2. The van der Waals surface area contributed by atoms with Crippen molar-refractivity contribution in [3.8, 4) is 0 Å². The normalized spacial score (nSPS) is 11.7. The fourth-order valence-corrected chi connectivity index (χ4v) is 2.56. The van der Waals surface area contributed by atoms with Crippen molar-refractivity contribution in [3.63, 3.8) is 0 Å². The summed E-state index contributed by atoms with van der Waals surface area (Å²) in [5.74, 6) is 0.386. The van der Waals surface area contributed by atoms with E-state index < -0.39 is 15.6 Å². The third kappa shape index (κ3) is 3.22. The highest BCUT2D eigenvalue weighted by molar-refractivity contribution is 7.89. The van der Waals surface area contributed by atoms with Gasteiger partial charge in [-0.2, -0.15) is 0 Å². The fourth-order valence-electron chi connectivity index (χ4n) is 1.34. The third-order valence-electron chi connectivity index (χ3n) is 2.25. The Bertz CT molecular complexity index is 750. The van der Waals surface area contributed by atoms with Crippen molar-refractivity contribution < 1.29 is 12.9 Å². The van der Waals surface area contributed by atoms with E-state index in [9.17, 15) is 13.2 Å². The van der Waals surface area contributed by atoms with Crippen LogP contribution in [0.3, 0.4) is 0 Å². The van der Waals surface area contributed by atoms with E-state index in [2.05, 4.69) is 14.9 Å². The Balaban J connectivity index is 2.18. The van der Waals surface area contributed by atoms with Crippen LogP contribution in [0.15, 0.2) is 32.5 Å². The highest BCUT2D eigenvalue weighted by Crippen LogP contribution is 2.11. The molecular formula is C10H10ClN3O4S. The quantitative estimate of drug-likeness (QED) is 0.869. The van der Waals surface area contributed by atoms with Crippen LogP contribution in [0.2, 0.25) is 5.02 Å². The van der Waals surface area contributed by atoms with Crippen LogP contribution in [-0.4, -0.2) is 18.6 Å². The maximum absolute atomic E-state index is 11.9. The van der Waals surface area contributed by atoms with E-state index >= 15 is 0 Å². The van der Waals surface area contributed by atoms with Crippen LogP contribution in [-0.2, 0) is 16.6 Å². The van der Waals surface area contributed by atoms with Gasteiger partial charge in [0, 0.05) is 12.3 Å². The predicted octanol–water partition coefficient (Wildman–Crippen LogP) is 0.803. The molecule has 0 bridgehead atoms. The Hall–Kier alpha value is -1.64. The summed E-state index contributed by atoms with van der Waals surface area (Å²) in [6, 6.07) is 2.69. The van der Waals surface area contributed by atoms with E-state index in [1.807, 2.05) is 0 Å². The van der Waals surface area contributed by atoms with Crippen molar-refractivity contribution in [2.75, 3.05) is 0 Å². The molecule has 7 nitrogen and oxygen atoms in total. The number of H-pyrrole nitrogens is 1. The molecule has 9 heteroatoms. The molecule has 2 rings (SSSR count). The minimum atomic E-state index is -3.78. The summed E-state index contributed by atoms with van der Waals surface area (Å²) >= 11 is 5.58. The van der Waals surface area contributed by atoms with Gasteiger partial charge in [0.2, 0.25) is 10.0 Å². The first-order valence-corrected chi connectivity index (χ1v) is 7.05. The zero-order valence-corrected chi connectivity index (χ0v) is 11.4. The lowest BCUT2D eigenvalue weighted by Crippen LogP contribution is -2.24. The number of aromatic nitrogens is 2. The van der Waals surface area contributed by atoms with E-state index in [-0.39, 0.29) is 16.5 Å². The third-order valence-corrected chi connectivity index (χ3v) is 3.92. The van der Waals surface area contributed by atoms with Gasteiger partial charge in [0.1, 0.15) is 5.02 Å². The first-order chi connectivity index (χ1) is 8.88. The molecule has 0 spiro atoms. The molecule has 0 saturated carbocycles. The van der Waals surface area contributed by atoms with Gasteiger partial charge in [0.25, 0.3) is 5.56 Å². The van der Waals surface area contributed by atoms with Crippen LogP contribution in [0.4, 0.5) is 0 Å². The van der Waals surface area contributed by atoms with Crippen LogP contribution in [0.1, 0.15) is 11.5 Å². The molecule has 2 N–H and O–H groups in total. The van der Waals surface area contributed by atoms with Crippen molar-refractivity contribution in [2.45, 2.75) is 18.4 Å². The van der Waals surface area contributed by atoms with E-state index in [0.717, 1.165) is 12.3 Å². The van der Waals surface area contributed by atoms with Crippen LogP contribution < -0.4 is 10.3 Å². The SMILES string of the molecule is Cc1cc(CNS(=O)(=O)c2c[nH]c(=O)c(Cl)c2)on1. The number of pyridine rings is 1. The second-order valence-corrected chi connectivity index (χ2v) is 5.95. The Labute approximate surface area is 113 Å². The molecule has 0 aromatic carbocycles. The average Bonchev–Trinajstić information content (AvgIpc) is 2.76. The smallest absolute Gasteiger partial charge is 0.266 e. The molecule has 2 aromatic rings. The van der Waals surface area contributed by atoms with Crippen LogP contribution >= 0.6 is 11.6 Å². The molecule has 2 aromatic heterocycles. The van der Waals surface area contributed by atoms with E-state index in [1.54, 1.807) is 13.0 Å². The van der Waals surface area contributed by atoms with Crippen LogP contribution in [0.25, 0.3) is 0 Å². The molecule has 102 valence electrons. The second kappa shape index (κ2) is 5.16. The number of hydrogen-bond acceptors (Lipinski definition) is 5. The Morgan fingerprint density at radius 3 is 2.79 bits per heavy atom. The van der Waals surface area contributed by atoms with E-state index in [0.29, 0.717) is 11.5 Å². The van der Waals surface area contributed by atoms with Crippen LogP contribution in [0.5, 0.6) is 0 Å². The molecule has 0 amide bonds. The lowest BCUT2D eigenvalue weighted by atomic mass is 10.4. The summed E-state index contributed by atoms with van der Waals surface area (Å²) in [5.41, 5.74) is 0.104. The van der Waals surface area contributed by atoms with Gasteiger partial charge < -0.3 is 9.51 Å². The summed E-state index contributed by atoms with van der Waals surface area (Å²) in [5, 5.41) is 3.44. The second-order valence-electron chi connectivity index (χ2n) is 3.77. The monoisotopic (exact) mass is 303 g/mol. The van der Waals surface area contributed by atoms with E-state index in [4.69, 9.17) is 16.1 Å². The first-order valence-electron chi connectivity index (χ1n) is 5.18. The van der Waals surface area contributed by atoms with Gasteiger partial charge in [-0.15, -0.1) is 0 Å². The molecule has 0 radical (unpaired) electrons. The van der Waals surface area contributed by atoms with Crippen molar-refractivity contribution in [2.24, 2.45) is 0 Å². The highest BCUT2D eigenvalue weighted by Gasteiger charge is 2.16. The summed E-state index contributed by atoms with van der Waals surface area (Å²) in [6.45, 7) is 1.68. The Kier molecular flexibility index (Phi) is 3.74. The number of hydrogen-bond donors (Lipinski definition) is 2. The summed E-state index contributed by atoms with van der Waals surface area (Å²) in [6.07, 6.45) is 1.07. The molecule has 2 heterocycles. The van der Waals surface area contributed by atoms with Gasteiger partial charge in [-0.25, -0.2) is 13.1 Å². The molecule has 0 unspecified atom stereocenters. The first kappa shape index (κ1) is 13.8. The highest BCUT2D eigenvalue weighted by atomic mass is 35.5. The molecule has 0 aliphatic heterocycles. The van der Waals surface area contributed by atoms with Gasteiger partial charge >= 0.3 is 0 Å². The lowest BCUT2D eigenvalue weighted by molar-refractivity contribution is 0.377. The molecular weight excluding hydrogens is 294 g/mol. The minimum absolute atomic E-state index is 0.0417. The largest absolute Gasteiger partial charge is 0.360 e. The van der Waals surface area contributed by atoms with Gasteiger partial charge in [-0.05, 0) is 13.0 Å². The van der Waals surface area contributed by atoms with Crippen molar-refractivity contribution in [3.05, 3.63) is 45.2 Å². The number of nitrogens with one attached hydrogen (secondary N) is 2. The van der Waals surface area contributed by atoms with Crippen LogP contribution in [0, 0.1) is 6.92 Å². The molecule has 19 heavy (non-hydrogen) atoms. The average molecular weight is 304 g/mol. The van der Waals surface area contributed by atoms with Crippen molar-refractivity contribution >= 4 is 21.6 Å². The standard InChI is InChI=1S/C10H10ClN3O4S/c1-6-2-7(18-14-6)4-13-19(16,17)8-3-9(11)10(15)12-5-8/h2-3,5,13H,4H2,1H3,(H,12,15). The van der Waals surface area contributed by atoms with Crippen molar-refractivity contribution in [1.29, 1.82) is 0 Å². The fraction of sp³-hybridized carbons (Fsp3) is 0.200. The summed E-state index contributed by atoms with van der Waals surface area (Å²) < 4.78 is 31.0. The molecule has 0 fully saturated rings. The van der Waals surface area contributed by atoms with Gasteiger partial charge in [0.15, 0.2) is 5.76 Å². The molecule has 0 aliphatic rings. The van der Waals surface area contributed by atoms with E-state index in [1.165, 1.54) is 0 Å². The number of halogens is 1. The number of nitrogens with zero attached hydrogens (tertiary/aromatic N) is 1. The predicted molar refractivity (Wildman–Crippen MR) is 67.3 cm³/mol. The molecule has 0 atom stereocenters. The Morgan fingerprint density at radius 2 is 2.21 bits per heavy atom. The topological polar surface area (TPSA) is 105 Å². The number of aryl methyl sites for hydroxylation is 1. The number of rotatable bonds is 4. The minimum Gasteiger partial charge on any atom is -0.360 e. The zero-order valence-electron chi connectivity index (χ0n) is 9.81. The number of sulfonamides is 1. The molecule has 0 aliphatic carbocycles. The van der Waals surface area contributed by atoms with Gasteiger partial charge in [0.05, 0.1) is 17.1 Å². The zero-order chi connectivity index (χ0) is 14.0. The van der Waals surface area contributed by atoms with Gasteiger partial charge in [-0.3, -0.25) is 4.79 Å². The number of aromatic amines is 1. The van der Waals surface area contributed by atoms with Crippen molar-refractivity contribution in [1.82, 2.24) is 14.9 Å². The Morgan fingerprint density at radius 1 is 1.47 bits per heavy atom. The molecule has 0 saturated heterocycles. The lowest BCUT2D eigenvalue weighted by Gasteiger charge is -2.04. The summed E-state index contributed by atoms with van der Waals surface area (Å²) in [7, 11) is -3.78.